The van der Waals surface area contributed by atoms with E-state index in [-0.39, 0.29) is 12.4 Å². The Hall–Kier alpha value is -1.92. The Bertz CT molecular complexity index is 640. The molecule has 0 unspecified atom stereocenters. The van der Waals surface area contributed by atoms with Gasteiger partial charge < -0.3 is 5.11 Å². The number of hydrogen-bond donors (Lipinski definition) is 2. The Morgan fingerprint density at radius 3 is 2.25 bits per heavy atom. The molecular formula is C14H16N2O3S. The standard InChI is InChI=1S/C14H16N2O3S/c17-11-13-1-3-14(4-2-13)16-20(18,19)10-7-12-5-8-15-9-6-12/h1-6,8-9,16-17H,7,10-11H2. The number of aromatic nitrogens is 1. The largest absolute Gasteiger partial charge is 0.392 e. The Labute approximate surface area is 118 Å². The van der Waals surface area contributed by atoms with Crippen molar-refractivity contribution in [3.63, 3.8) is 0 Å². The molecule has 0 radical (unpaired) electrons. The van der Waals surface area contributed by atoms with Crippen molar-refractivity contribution in [1.82, 2.24) is 4.98 Å². The van der Waals surface area contributed by atoms with Crippen LogP contribution in [0.2, 0.25) is 0 Å². The van der Waals surface area contributed by atoms with Crippen molar-refractivity contribution in [2.45, 2.75) is 13.0 Å². The lowest BCUT2D eigenvalue weighted by atomic mass is 10.2. The molecule has 0 amide bonds. The molecule has 0 spiro atoms. The minimum absolute atomic E-state index is 0.0127. The first-order valence-electron chi connectivity index (χ1n) is 6.18. The predicted molar refractivity (Wildman–Crippen MR) is 77.7 cm³/mol. The summed E-state index contributed by atoms with van der Waals surface area (Å²) in [5.74, 6) is 0.0127. The SMILES string of the molecule is O=S(=O)(CCc1ccncc1)Nc1ccc(CO)cc1. The van der Waals surface area contributed by atoms with Crippen LogP contribution in [0, 0.1) is 0 Å². The fourth-order valence-corrected chi connectivity index (χ4v) is 2.81. The van der Waals surface area contributed by atoms with Gasteiger partial charge in [-0.15, -0.1) is 0 Å². The highest BCUT2D eigenvalue weighted by Gasteiger charge is 2.10. The number of nitrogens with zero attached hydrogens (tertiary/aromatic N) is 1. The summed E-state index contributed by atoms with van der Waals surface area (Å²) in [4.78, 5) is 3.89. The molecule has 0 saturated carbocycles. The fourth-order valence-electron chi connectivity index (χ4n) is 1.71. The van der Waals surface area contributed by atoms with Crippen molar-refractivity contribution in [3.05, 3.63) is 59.9 Å². The van der Waals surface area contributed by atoms with E-state index >= 15 is 0 Å². The maximum absolute atomic E-state index is 12.0. The first-order chi connectivity index (χ1) is 9.59. The maximum Gasteiger partial charge on any atom is 0.233 e. The van der Waals surface area contributed by atoms with E-state index in [4.69, 9.17) is 5.11 Å². The van der Waals surface area contributed by atoms with Gasteiger partial charge in [-0.2, -0.15) is 0 Å². The van der Waals surface area contributed by atoms with Gasteiger partial charge in [-0.1, -0.05) is 12.1 Å². The fraction of sp³-hybridized carbons (Fsp3) is 0.214. The lowest BCUT2D eigenvalue weighted by Gasteiger charge is -2.08. The molecule has 0 aliphatic heterocycles. The maximum atomic E-state index is 12.0. The molecule has 0 aliphatic carbocycles. The quantitative estimate of drug-likeness (QED) is 0.847. The van der Waals surface area contributed by atoms with Gasteiger partial charge in [-0.05, 0) is 41.8 Å². The van der Waals surface area contributed by atoms with Crippen LogP contribution in [-0.2, 0) is 23.1 Å². The van der Waals surface area contributed by atoms with Crippen molar-refractivity contribution in [2.24, 2.45) is 0 Å². The van der Waals surface area contributed by atoms with E-state index in [2.05, 4.69) is 9.71 Å². The number of pyridine rings is 1. The number of benzene rings is 1. The van der Waals surface area contributed by atoms with Crippen LogP contribution in [0.4, 0.5) is 5.69 Å². The predicted octanol–water partition coefficient (Wildman–Crippen LogP) is 1.56. The van der Waals surface area contributed by atoms with E-state index in [1.54, 1.807) is 48.8 Å². The van der Waals surface area contributed by atoms with Gasteiger partial charge in [-0.3, -0.25) is 9.71 Å². The molecule has 1 heterocycles. The highest BCUT2D eigenvalue weighted by atomic mass is 32.2. The third kappa shape index (κ3) is 4.32. The highest BCUT2D eigenvalue weighted by molar-refractivity contribution is 7.92. The monoisotopic (exact) mass is 292 g/mol. The van der Waals surface area contributed by atoms with Crippen molar-refractivity contribution in [1.29, 1.82) is 0 Å². The minimum atomic E-state index is -3.39. The number of hydrogen-bond acceptors (Lipinski definition) is 4. The molecule has 1 aromatic heterocycles. The molecule has 20 heavy (non-hydrogen) atoms. The average Bonchev–Trinajstić information content (AvgIpc) is 2.47. The zero-order valence-electron chi connectivity index (χ0n) is 10.9. The molecule has 0 bridgehead atoms. The summed E-state index contributed by atoms with van der Waals surface area (Å²) in [5, 5.41) is 8.93. The first kappa shape index (κ1) is 14.5. The summed E-state index contributed by atoms with van der Waals surface area (Å²) in [5.41, 5.74) is 2.17. The van der Waals surface area contributed by atoms with Gasteiger partial charge in [0.15, 0.2) is 0 Å². The number of anilines is 1. The molecule has 5 nitrogen and oxygen atoms in total. The second-order valence-electron chi connectivity index (χ2n) is 4.38. The summed E-state index contributed by atoms with van der Waals surface area (Å²) < 4.78 is 26.4. The molecule has 2 N–H and O–H groups in total. The Kier molecular flexibility index (Phi) is 4.70. The Morgan fingerprint density at radius 2 is 1.65 bits per heavy atom. The van der Waals surface area contributed by atoms with Crippen molar-refractivity contribution < 1.29 is 13.5 Å². The van der Waals surface area contributed by atoms with E-state index in [9.17, 15) is 8.42 Å². The van der Waals surface area contributed by atoms with E-state index in [1.807, 2.05) is 0 Å². The minimum Gasteiger partial charge on any atom is -0.392 e. The number of aliphatic hydroxyl groups is 1. The molecule has 2 rings (SSSR count). The van der Waals surface area contributed by atoms with Gasteiger partial charge in [0, 0.05) is 18.1 Å². The van der Waals surface area contributed by atoms with Crippen LogP contribution in [0.1, 0.15) is 11.1 Å². The zero-order valence-corrected chi connectivity index (χ0v) is 11.7. The Balaban J connectivity index is 1.96. The number of aryl methyl sites for hydroxylation is 1. The van der Waals surface area contributed by atoms with Gasteiger partial charge in [0.2, 0.25) is 10.0 Å². The highest BCUT2D eigenvalue weighted by Crippen LogP contribution is 2.12. The number of nitrogens with one attached hydrogen (secondary N) is 1. The molecule has 6 heteroatoms. The molecular weight excluding hydrogens is 276 g/mol. The summed E-state index contributed by atoms with van der Waals surface area (Å²) in [6.07, 6.45) is 3.72. The lowest BCUT2D eigenvalue weighted by Crippen LogP contribution is -2.18. The number of aliphatic hydroxyl groups excluding tert-OH is 1. The van der Waals surface area contributed by atoms with Gasteiger partial charge in [0.05, 0.1) is 12.4 Å². The molecule has 1 aromatic carbocycles. The van der Waals surface area contributed by atoms with Crippen LogP contribution in [0.25, 0.3) is 0 Å². The molecule has 106 valence electrons. The second kappa shape index (κ2) is 6.49. The first-order valence-corrected chi connectivity index (χ1v) is 7.83. The van der Waals surface area contributed by atoms with Crippen LogP contribution in [0.5, 0.6) is 0 Å². The molecule has 0 fully saturated rings. The van der Waals surface area contributed by atoms with Crippen molar-refractivity contribution >= 4 is 15.7 Å². The third-order valence-corrected chi connectivity index (χ3v) is 4.11. The third-order valence-electron chi connectivity index (χ3n) is 2.82. The van der Waals surface area contributed by atoms with Crippen LogP contribution < -0.4 is 4.72 Å². The normalized spacial score (nSPS) is 11.2. The van der Waals surface area contributed by atoms with Gasteiger partial charge in [-0.25, -0.2) is 8.42 Å². The van der Waals surface area contributed by atoms with Crippen LogP contribution >= 0.6 is 0 Å². The van der Waals surface area contributed by atoms with Crippen LogP contribution in [0.3, 0.4) is 0 Å². The summed E-state index contributed by atoms with van der Waals surface area (Å²) in [6.45, 7) is -0.0604. The summed E-state index contributed by atoms with van der Waals surface area (Å²) >= 11 is 0. The molecule has 0 aliphatic rings. The van der Waals surface area contributed by atoms with E-state index in [1.165, 1.54) is 0 Å². The molecule has 2 aromatic rings. The molecule has 0 saturated heterocycles. The van der Waals surface area contributed by atoms with Gasteiger partial charge >= 0.3 is 0 Å². The number of rotatable bonds is 6. The van der Waals surface area contributed by atoms with Crippen molar-refractivity contribution in [2.75, 3.05) is 10.5 Å². The molecule has 0 atom stereocenters. The van der Waals surface area contributed by atoms with Crippen LogP contribution in [0.15, 0.2) is 48.8 Å². The van der Waals surface area contributed by atoms with E-state index in [0.29, 0.717) is 12.1 Å². The van der Waals surface area contributed by atoms with E-state index in [0.717, 1.165) is 11.1 Å². The Morgan fingerprint density at radius 1 is 1.00 bits per heavy atom. The van der Waals surface area contributed by atoms with Gasteiger partial charge in [0.25, 0.3) is 0 Å². The number of sulfonamides is 1. The summed E-state index contributed by atoms with van der Waals surface area (Å²) in [7, 11) is -3.39. The smallest absolute Gasteiger partial charge is 0.233 e. The van der Waals surface area contributed by atoms with E-state index < -0.39 is 10.0 Å². The van der Waals surface area contributed by atoms with Gasteiger partial charge in [0.1, 0.15) is 0 Å². The second-order valence-corrected chi connectivity index (χ2v) is 6.22. The average molecular weight is 292 g/mol. The van der Waals surface area contributed by atoms with Crippen LogP contribution in [-0.4, -0.2) is 24.3 Å². The lowest BCUT2D eigenvalue weighted by molar-refractivity contribution is 0.282. The zero-order chi connectivity index (χ0) is 14.4. The summed E-state index contributed by atoms with van der Waals surface area (Å²) in [6, 6.07) is 10.2. The van der Waals surface area contributed by atoms with Crippen molar-refractivity contribution in [3.8, 4) is 0 Å². The topological polar surface area (TPSA) is 79.3 Å².